The maximum absolute atomic E-state index is 14.0. The number of nitrogens with zero attached hydrogens (tertiary/aromatic N) is 3. The molecule has 0 radical (unpaired) electrons. The number of hydrogen-bond donors (Lipinski definition) is 2. The third-order valence-electron chi connectivity index (χ3n) is 7.81. The highest BCUT2D eigenvalue weighted by molar-refractivity contribution is 7.89. The van der Waals surface area contributed by atoms with E-state index in [-0.39, 0.29) is 11.4 Å². The lowest BCUT2D eigenvalue weighted by molar-refractivity contribution is -0.131. The van der Waals surface area contributed by atoms with E-state index in [0.717, 1.165) is 20.7 Å². The predicted molar refractivity (Wildman–Crippen MR) is 184 cm³/mol. The largest absolute Gasteiger partial charge is 0.452 e. The fraction of sp³-hybridized carbons (Fsp3) is 0.265. The van der Waals surface area contributed by atoms with Crippen molar-refractivity contribution >= 4 is 54.9 Å². The van der Waals surface area contributed by atoms with E-state index in [1.165, 1.54) is 40.2 Å². The van der Waals surface area contributed by atoms with E-state index in [1.54, 1.807) is 43.6 Å². The van der Waals surface area contributed by atoms with E-state index in [9.17, 15) is 23.1 Å². The number of aromatic nitrogens is 1. The van der Waals surface area contributed by atoms with Crippen molar-refractivity contribution in [3.8, 4) is 0 Å². The number of aliphatic hydroxyl groups excluding tert-OH is 1. The lowest BCUT2D eigenvalue weighted by Crippen LogP contribution is -2.49. The smallest absolute Gasteiger partial charge is 0.416 e. The minimum Gasteiger partial charge on any atom is -0.452 e. The number of benzene rings is 3. The summed E-state index contributed by atoms with van der Waals surface area (Å²) in [5.74, 6) is -1.17. The molecule has 0 saturated heterocycles. The van der Waals surface area contributed by atoms with E-state index in [4.69, 9.17) is 10.5 Å². The summed E-state index contributed by atoms with van der Waals surface area (Å²) in [6, 6.07) is 24.4. The summed E-state index contributed by atoms with van der Waals surface area (Å²) in [6.07, 6.45) is -0.872. The third kappa shape index (κ3) is 7.30. The van der Waals surface area contributed by atoms with Crippen molar-refractivity contribution < 1.29 is 27.9 Å². The predicted octanol–water partition coefficient (Wildman–Crippen LogP) is 5.74. The average Bonchev–Trinajstić information content (AvgIpc) is 3.75. The number of carbonyl (C=O) groups is 2. The Morgan fingerprint density at radius 1 is 0.957 bits per heavy atom. The van der Waals surface area contributed by atoms with Crippen LogP contribution in [0, 0.1) is 0 Å². The summed E-state index contributed by atoms with van der Waals surface area (Å²) < 4.78 is 35.0. The Kier molecular flexibility index (Phi) is 10.8. The molecule has 5 aromatic rings. The summed E-state index contributed by atoms with van der Waals surface area (Å²) in [5.41, 5.74) is 10.5. The van der Waals surface area contributed by atoms with Gasteiger partial charge in [-0.05, 0) is 55.3 Å². The normalized spacial score (nSPS) is 13.3. The van der Waals surface area contributed by atoms with Crippen LogP contribution in [0.4, 0.5) is 4.79 Å². The van der Waals surface area contributed by atoms with E-state index in [0.29, 0.717) is 15.3 Å². The molecule has 0 bridgehead atoms. The first-order valence-electron chi connectivity index (χ1n) is 14.9. The van der Waals surface area contributed by atoms with Crippen LogP contribution in [0.2, 0.25) is 0 Å². The molecule has 3 N–H and O–H groups in total. The fourth-order valence-corrected chi connectivity index (χ4v) is 9.26. The van der Waals surface area contributed by atoms with Crippen LogP contribution < -0.4 is 5.73 Å². The second-order valence-electron chi connectivity index (χ2n) is 11.1. The van der Waals surface area contributed by atoms with Crippen molar-refractivity contribution in [3.63, 3.8) is 0 Å². The summed E-state index contributed by atoms with van der Waals surface area (Å²) >= 11 is 2.61. The molecule has 2 atom stereocenters. The van der Waals surface area contributed by atoms with Crippen LogP contribution >= 0.6 is 22.7 Å². The van der Waals surface area contributed by atoms with Gasteiger partial charge in [0.2, 0.25) is 15.9 Å². The number of thiazole rings is 1. The Morgan fingerprint density at radius 3 is 2.17 bits per heavy atom. The zero-order chi connectivity index (χ0) is 33.7. The van der Waals surface area contributed by atoms with Crippen LogP contribution in [0.5, 0.6) is 0 Å². The SMILES string of the molecule is COC(=O)N(Cc1ccc(C(CO)N(C(C)C)S(=O)(=O)c2ccc3scnc3c2)s1)C(=O)[C@@H](N)C(c1ccccc1)c1ccccc1. The fourth-order valence-electron chi connectivity index (χ4n) is 5.63. The molecule has 0 saturated carbocycles. The average molecular weight is 693 g/mol. The summed E-state index contributed by atoms with van der Waals surface area (Å²) in [4.78, 5) is 33.4. The second-order valence-corrected chi connectivity index (χ2v) is 15.1. The number of carbonyl (C=O) groups excluding carboxylic acids is 2. The molecule has 0 aliphatic heterocycles. The lowest BCUT2D eigenvalue weighted by atomic mass is 9.85. The number of rotatable bonds is 12. The number of methoxy groups -OCH3 is 1. The first-order valence-corrected chi connectivity index (χ1v) is 18.0. The molecule has 2 amide bonds. The second kappa shape index (κ2) is 14.8. The van der Waals surface area contributed by atoms with Crippen molar-refractivity contribution in [2.45, 2.75) is 49.3 Å². The van der Waals surface area contributed by atoms with Gasteiger partial charge >= 0.3 is 6.09 Å². The number of fused-ring (bicyclic) bond motifs is 1. The number of nitrogens with two attached hydrogens (primary N) is 1. The van der Waals surface area contributed by atoms with E-state index >= 15 is 0 Å². The molecule has 0 fully saturated rings. The summed E-state index contributed by atoms with van der Waals surface area (Å²) in [5, 5.41) is 10.5. The molecule has 2 heterocycles. The Bertz CT molecular complexity index is 1890. The standard InChI is InChI=1S/C34H36N4O6S3/c1-22(2)38(47(42,43)26-15-17-29-27(18-26)36-21-45-29)28(20-39)30-16-14-25(46-30)19-37(34(41)44-3)33(40)32(35)31(23-10-6-4-7-11-23)24-12-8-5-9-13-24/h4-18,21-22,28,31-32,39H,19-20,35H2,1-3H3/t28?,32-/m0/s1. The third-order valence-corrected chi connectivity index (χ3v) is 11.9. The Labute approximate surface area is 282 Å². The van der Waals surface area contributed by atoms with Gasteiger partial charge in [-0.15, -0.1) is 22.7 Å². The molecule has 1 unspecified atom stereocenters. The Hall–Kier alpha value is -3.98. The van der Waals surface area contributed by atoms with Crippen molar-refractivity contribution in [2.24, 2.45) is 5.73 Å². The van der Waals surface area contributed by atoms with Crippen molar-refractivity contribution in [3.05, 3.63) is 117 Å². The van der Waals surface area contributed by atoms with Crippen LogP contribution in [0.25, 0.3) is 10.2 Å². The molecule has 3 aromatic carbocycles. The number of imide groups is 1. The van der Waals surface area contributed by atoms with Gasteiger partial charge in [0.15, 0.2) is 0 Å². The van der Waals surface area contributed by atoms with E-state index in [1.807, 2.05) is 60.7 Å². The first kappa shape index (κ1) is 34.4. The zero-order valence-electron chi connectivity index (χ0n) is 26.1. The maximum atomic E-state index is 14.0. The highest BCUT2D eigenvalue weighted by Gasteiger charge is 2.37. The number of amides is 2. The molecule has 0 spiro atoms. The molecule has 10 nitrogen and oxygen atoms in total. The molecule has 0 aliphatic rings. The van der Waals surface area contributed by atoms with Crippen LogP contribution in [0.1, 0.15) is 46.7 Å². The topological polar surface area (TPSA) is 143 Å². The minimum atomic E-state index is -4.06. The monoisotopic (exact) mass is 692 g/mol. The highest BCUT2D eigenvalue weighted by Crippen LogP contribution is 2.36. The van der Waals surface area contributed by atoms with Gasteiger partial charge in [-0.2, -0.15) is 4.31 Å². The number of aliphatic hydroxyl groups is 1. The van der Waals surface area contributed by atoms with Gasteiger partial charge in [0.05, 0.1) is 53.0 Å². The van der Waals surface area contributed by atoms with Gasteiger partial charge in [0.1, 0.15) is 0 Å². The molecule has 47 heavy (non-hydrogen) atoms. The molecule has 0 aliphatic carbocycles. The number of thiophene rings is 1. The number of hydrogen-bond acceptors (Lipinski definition) is 10. The molecule has 246 valence electrons. The summed E-state index contributed by atoms with van der Waals surface area (Å²) in [7, 11) is -2.87. The first-order chi connectivity index (χ1) is 22.6. The van der Waals surface area contributed by atoms with Gasteiger partial charge in [-0.1, -0.05) is 60.7 Å². The van der Waals surface area contributed by atoms with Crippen LogP contribution in [-0.4, -0.2) is 65.5 Å². The molecule has 13 heteroatoms. The lowest BCUT2D eigenvalue weighted by Gasteiger charge is -2.32. The van der Waals surface area contributed by atoms with Crippen molar-refractivity contribution in [1.82, 2.24) is 14.2 Å². The van der Waals surface area contributed by atoms with Crippen molar-refractivity contribution in [2.75, 3.05) is 13.7 Å². The van der Waals surface area contributed by atoms with Crippen molar-refractivity contribution in [1.29, 1.82) is 0 Å². The highest BCUT2D eigenvalue weighted by atomic mass is 32.2. The molecule has 2 aromatic heterocycles. The van der Waals surface area contributed by atoms with Gasteiger partial charge < -0.3 is 15.6 Å². The minimum absolute atomic E-state index is 0.0719. The van der Waals surface area contributed by atoms with Crippen LogP contribution in [-0.2, 0) is 26.1 Å². The molecular formula is C34H36N4O6S3. The number of sulfonamides is 1. The van der Waals surface area contributed by atoms with E-state index < -0.39 is 52.7 Å². The Balaban J connectivity index is 1.43. The zero-order valence-corrected chi connectivity index (χ0v) is 28.5. The van der Waals surface area contributed by atoms with Crippen LogP contribution in [0.3, 0.4) is 0 Å². The maximum Gasteiger partial charge on any atom is 0.416 e. The van der Waals surface area contributed by atoms with Gasteiger partial charge in [0.25, 0.3) is 0 Å². The van der Waals surface area contributed by atoms with Gasteiger partial charge in [0, 0.05) is 21.7 Å². The van der Waals surface area contributed by atoms with Gasteiger partial charge in [-0.3, -0.25) is 4.79 Å². The Morgan fingerprint density at radius 2 is 1.60 bits per heavy atom. The number of ether oxygens (including phenoxy) is 1. The van der Waals surface area contributed by atoms with Gasteiger partial charge in [-0.25, -0.2) is 23.1 Å². The summed E-state index contributed by atoms with van der Waals surface area (Å²) in [6.45, 7) is 2.83. The van der Waals surface area contributed by atoms with E-state index in [2.05, 4.69) is 4.98 Å². The molecule has 5 rings (SSSR count). The van der Waals surface area contributed by atoms with Crippen LogP contribution in [0.15, 0.2) is 101 Å². The molecular weight excluding hydrogens is 657 g/mol. The quantitative estimate of drug-likeness (QED) is 0.169.